The maximum Gasteiger partial charge on any atom is 0.227 e. The van der Waals surface area contributed by atoms with Crippen LogP contribution in [0.25, 0.3) is 0 Å². The lowest BCUT2D eigenvalue weighted by molar-refractivity contribution is -0.137. The smallest absolute Gasteiger partial charge is 0.227 e. The lowest BCUT2D eigenvalue weighted by Crippen LogP contribution is -2.49. The van der Waals surface area contributed by atoms with Gasteiger partial charge in [0.05, 0.1) is 5.92 Å². The molecule has 0 aromatic rings. The second-order valence-electron chi connectivity index (χ2n) is 6.62. The summed E-state index contributed by atoms with van der Waals surface area (Å²) >= 11 is 0. The van der Waals surface area contributed by atoms with E-state index >= 15 is 0 Å². The van der Waals surface area contributed by atoms with Gasteiger partial charge in [0.2, 0.25) is 11.8 Å². The molecule has 2 atom stereocenters. The van der Waals surface area contributed by atoms with E-state index in [0.717, 1.165) is 51.9 Å². The summed E-state index contributed by atoms with van der Waals surface area (Å²) in [5.41, 5.74) is 0. The predicted octanol–water partition coefficient (Wildman–Crippen LogP) is 0.359. The number of likely N-dealkylation sites (tertiary alicyclic amines) is 1. The lowest BCUT2D eigenvalue weighted by Gasteiger charge is -2.34. The summed E-state index contributed by atoms with van der Waals surface area (Å²) in [4.78, 5) is 26.2. The normalized spacial score (nSPS) is 31.4. The van der Waals surface area contributed by atoms with Crippen LogP contribution in [0.2, 0.25) is 0 Å². The molecular formula is C15H25N3O2. The number of hydrogen-bond donors (Lipinski definition) is 2. The molecule has 5 nitrogen and oxygen atoms in total. The molecule has 3 fully saturated rings. The lowest BCUT2D eigenvalue weighted by atomic mass is 9.95. The minimum atomic E-state index is 0.146. The highest BCUT2D eigenvalue weighted by atomic mass is 16.2. The van der Waals surface area contributed by atoms with Crippen molar-refractivity contribution in [2.45, 2.75) is 38.6 Å². The molecule has 2 saturated heterocycles. The Hall–Kier alpha value is -1.10. The summed E-state index contributed by atoms with van der Waals surface area (Å²) in [6.45, 7) is 5.49. The number of nitrogens with zero attached hydrogens (tertiary/aromatic N) is 1. The van der Waals surface area contributed by atoms with Gasteiger partial charge in [-0.3, -0.25) is 9.59 Å². The van der Waals surface area contributed by atoms with Crippen molar-refractivity contribution in [1.82, 2.24) is 15.5 Å². The molecule has 20 heavy (non-hydrogen) atoms. The molecule has 2 N–H and O–H groups in total. The van der Waals surface area contributed by atoms with Crippen LogP contribution >= 0.6 is 0 Å². The Morgan fingerprint density at radius 2 is 1.80 bits per heavy atom. The van der Waals surface area contributed by atoms with Gasteiger partial charge in [-0.25, -0.2) is 0 Å². The zero-order chi connectivity index (χ0) is 14.1. The van der Waals surface area contributed by atoms with Crippen LogP contribution in [0.15, 0.2) is 0 Å². The van der Waals surface area contributed by atoms with Gasteiger partial charge in [0.25, 0.3) is 0 Å². The number of nitrogens with one attached hydrogen (secondary N) is 2. The summed E-state index contributed by atoms with van der Waals surface area (Å²) in [5, 5.41) is 6.42. The maximum atomic E-state index is 12.5. The molecule has 1 saturated carbocycles. The van der Waals surface area contributed by atoms with E-state index in [2.05, 4.69) is 17.6 Å². The largest absolute Gasteiger partial charge is 0.353 e. The minimum Gasteiger partial charge on any atom is -0.353 e. The van der Waals surface area contributed by atoms with Crippen molar-refractivity contribution in [3.8, 4) is 0 Å². The molecule has 1 aliphatic carbocycles. The first-order valence-corrected chi connectivity index (χ1v) is 7.95. The van der Waals surface area contributed by atoms with Crippen LogP contribution in [0.4, 0.5) is 0 Å². The molecule has 0 radical (unpaired) electrons. The second-order valence-corrected chi connectivity index (χ2v) is 6.62. The van der Waals surface area contributed by atoms with Crippen LogP contribution in [-0.2, 0) is 9.59 Å². The molecule has 112 valence electrons. The van der Waals surface area contributed by atoms with Gasteiger partial charge in [-0.05, 0) is 38.1 Å². The Kier molecular flexibility index (Phi) is 3.96. The average molecular weight is 279 g/mol. The standard InChI is InChI=1S/C15H25N3O2/c1-10-8-16-9-13(10)15(20)18-6-4-12(5-7-18)17-14(19)11-2-3-11/h10-13,16H,2-9H2,1H3,(H,17,19)/t10-,13-/m1/s1. The van der Waals surface area contributed by atoms with Gasteiger partial charge in [-0.15, -0.1) is 0 Å². The van der Waals surface area contributed by atoms with Crippen LogP contribution in [0.3, 0.4) is 0 Å². The van der Waals surface area contributed by atoms with Gasteiger partial charge in [-0.1, -0.05) is 6.92 Å². The number of carbonyl (C=O) groups is 2. The molecule has 5 heteroatoms. The molecule has 3 aliphatic rings. The third-order valence-corrected chi connectivity index (χ3v) is 4.94. The number of carbonyl (C=O) groups excluding carboxylic acids is 2. The quantitative estimate of drug-likeness (QED) is 0.784. The van der Waals surface area contributed by atoms with E-state index < -0.39 is 0 Å². The summed E-state index contributed by atoms with van der Waals surface area (Å²) in [6, 6.07) is 0.270. The number of hydrogen-bond acceptors (Lipinski definition) is 3. The first kappa shape index (κ1) is 13.9. The number of rotatable bonds is 3. The first-order valence-electron chi connectivity index (χ1n) is 7.95. The molecule has 0 aromatic heterocycles. The van der Waals surface area contributed by atoms with E-state index in [0.29, 0.717) is 11.8 Å². The molecular weight excluding hydrogens is 254 g/mol. The minimum absolute atomic E-state index is 0.146. The highest BCUT2D eigenvalue weighted by molar-refractivity contribution is 5.81. The zero-order valence-electron chi connectivity index (χ0n) is 12.2. The monoisotopic (exact) mass is 279 g/mol. The molecule has 0 bridgehead atoms. The van der Waals surface area contributed by atoms with Crippen molar-refractivity contribution in [1.29, 1.82) is 0 Å². The topological polar surface area (TPSA) is 61.4 Å². The van der Waals surface area contributed by atoms with Crippen LogP contribution in [-0.4, -0.2) is 48.9 Å². The van der Waals surface area contributed by atoms with Crippen LogP contribution < -0.4 is 10.6 Å². The highest BCUT2D eigenvalue weighted by Gasteiger charge is 2.35. The van der Waals surface area contributed by atoms with Gasteiger partial charge < -0.3 is 15.5 Å². The van der Waals surface area contributed by atoms with E-state index in [4.69, 9.17) is 0 Å². The Balaban J connectivity index is 1.45. The van der Waals surface area contributed by atoms with E-state index in [9.17, 15) is 9.59 Å². The van der Waals surface area contributed by atoms with Crippen molar-refractivity contribution >= 4 is 11.8 Å². The van der Waals surface area contributed by atoms with Gasteiger partial charge >= 0.3 is 0 Å². The fourth-order valence-electron chi connectivity index (χ4n) is 3.28. The van der Waals surface area contributed by atoms with Crippen LogP contribution in [0, 0.1) is 17.8 Å². The molecule has 2 aliphatic heterocycles. The Bertz CT molecular complexity index is 387. The maximum absolute atomic E-state index is 12.5. The summed E-state index contributed by atoms with van der Waals surface area (Å²) in [6.07, 6.45) is 3.91. The van der Waals surface area contributed by atoms with Gasteiger partial charge in [0, 0.05) is 31.6 Å². The number of piperidine rings is 1. The Morgan fingerprint density at radius 3 is 2.35 bits per heavy atom. The van der Waals surface area contributed by atoms with Gasteiger partial charge in [0.15, 0.2) is 0 Å². The summed E-state index contributed by atoms with van der Waals surface area (Å²) in [5.74, 6) is 1.39. The number of amides is 2. The molecule has 0 spiro atoms. The van der Waals surface area contributed by atoms with Crippen molar-refractivity contribution < 1.29 is 9.59 Å². The van der Waals surface area contributed by atoms with E-state index in [-0.39, 0.29) is 23.8 Å². The first-order chi connectivity index (χ1) is 9.65. The third kappa shape index (κ3) is 2.97. The van der Waals surface area contributed by atoms with Crippen molar-refractivity contribution in [2.24, 2.45) is 17.8 Å². The van der Waals surface area contributed by atoms with Crippen LogP contribution in [0.1, 0.15) is 32.6 Å². The predicted molar refractivity (Wildman–Crippen MR) is 76.0 cm³/mol. The van der Waals surface area contributed by atoms with Crippen molar-refractivity contribution in [3.63, 3.8) is 0 Å². The van der Waals surface area contributed by atoms with E-state index in [1.165, 1.54) is 0 Å². The SMILES string of the molecule is C[C@@H]1CNC[C@H]1C(=O)N1CCC(NC(=O)C2CC2)CC1. The van der Waals surface area contributed by atoms with Gasteiger partial charge in [-0.2, -0.15) is 0 Å². The van der Waals surface area contributed by atoms with E-state index in [1.54, 1.807) is 0 Å². The van der Waals surface area contributed by atoms with Crippen LogP contribution in [0.5, 0.6) is 0 Å². The zero-order valence-corrected chi connectivity index (χ0v) is 12.2. The molecule has 0 unspecified atom stereocenters. The van der Waals surface area contributed by atoms with E-state index in [1.807, 2.05) is 4.90 Å². The Morgan fingerprint density at radius 1 is 1.10 bits per heavy atom. The molecule has 2 amide bonds. The van der Waals surface area contributed by atoms with Crippen molar-refractivity contribution in [3.05, 3.63) is 0 Å². The molecule has 2 heterocycles. The van der Waals surface area contributed by atoms with Crippen molar-refractivity contribution in [2.75, 3.05) is 26.2 Å². The Labute approximate surface area is 120 Å². The fourth-order valence-corrected chi connectivity index (χ4v) is 3.28. The summed E-state index contributed by atoms with van der Waals surface area (Å²) in [7, 11) is 0. The third-order valence-electron chi connectivity index (χ3n) is 4.94. The summed E-state index contributed by atoms with van der Waals surface area (Å²) < 4.78 is 0. The molecule has 0 aromatic carbocycles. The molecule has 3 rings (SSSR count). The fraction of sp³-hybridized carbons (Fsp3) is 0.867. The second kappa shape index (κ2) is 5.72. The average Bonchev–Trinajstić information content (AvgIpc) is 3.21. The van der Waals surface area contributed by atoms with Gasteiger partial charge in [0.1, 0.15) is 0 Å². The highest BCUT2D eigenvalue weighted by Crippen LogP contribution is 2.29.